The molecule has 1 heteroatoms. The van der Waals surface area contributed by atoms with E-state index < -0.39 is 0 Å². The standard InChI is InChI=1S/C16H20O/c1-4-12-16(13-5-2,14-6-3)17-15-10-8-7-9-11-15/h4-11H,1-3,12-14H2. The Kier molecular flexibility index (Phi) is 5.28. The molecule has 0 atom stereocenters. The number of para-hydroxylation sites is 1. The lowest BCUT2D eigenvalue weighted by molar-refractivity contribution is 0.0779. The van der Waals surface area contributed by atoms with Crippen molar-refractivity contribution in [2.75, 3.05) is 0 Å². The molecule has 0 spiro atoms. The maximum Gasteiger partial charge on any atom is 0.120 e. The molecule has 0 heterocycles. The quantitative estimate of drug-likeness (QED) is 0.594. The summed E-state index contributed by atoms with van der Waals surface area (Å²) < 4.78 is 6.11. The molecule has 1 rings (SSSR count). The van der Waals surface area contributed by atoms with Gasteiger partial charge in [0, 0.05) is 19.3 Å². The number of benzene rings is 1. The third-order valence-electron chi connectivity index (χ3n) is 2.63. The molecule has 1 aromatic rings. The van der Waals surface area contributed by atoms with E-state index in [1.807, 2.05) is 48.6 Å². The highest BCUT2D eigenvalue weighted by molar-refractivity contribution is 5.22. The second-order valence-corrected chi connectivity index (χ2v) is 4.08. The Balaban J connectivity index is 2.90. The van der Waals surface area contributed by atoms with Crippen molar-refractivity contribution in [1.29, 1.82) is 0 Å². The second kappa shape index (κ2) is 6.74. The Morgan fingerprint density at radius 3 is 1.76 bits per heavy atom. The fourth-order valence-corrected chi connectivity index (χ4v) is 1.90. The molecule has 0 aliphatic heterocycles. The minimum Gasteiger partial charge on any atom is -0.486 e. The van der Waals surface area contributed by atoms with Gasteiger partial charge in [-0.15, -0.1) is 19.7 Å². The van der Waals surface area contributed by atoms with Crippen LogP contribution < -0.4 is 4.74 Å². The third kappa shape index (κ3) is 3.95. The summed E-state index contributed by atoms with van der Waals surface area (Å²) in [6.07, 6.45) is 7.99. The van der Waals surface area contributed by atoms with Crippen molar-refractivity contribution in [2.45, 2.75) is 24.9 Å². The first-order chi connectivity index (χ1) is 8.26. The summed E-state index contributed by atoms with van der Waals surface area (Å²) in [6.45, 7) is 11.4. The van der Waals surface area contributed by atoms with Gasteiger partial charge in [-0.1, -0.05) is 36.4 Å². The summed E-state index contributed by atoms with van der Waals surface area (Å²) >= 11 is 0. The first-order valence-electron chi connectivity index (χ1n) is 5.83. The molecule has 0 saturated heterocycles. The van der Waals surface area contributed by atoms with Crippen LogP contribution in [0.3, 0.4) is 0 Å². The van der Waals surface area contributed by atoms with E-state index in [0.29, 0.717) is 0 Å². The van der Waals surface area contributed by atoms with Crippen LogP contribution in [0.2, 0.25) is 0 Å². The Bertz CT molecular complexity index is 338. The maximum atomic E-state index is 6.11. The van der Waals surface area contributed by atoms with Gasteiger partial charge in [-0.3, -0.25) is 0 Å². The number of rotatable bonds is 8. The van der Waals surface area contributed by atoms with E-state index in [1.54, 1.807) is 0 Å². The van der Waals surface area contributed by atoms with Crippen LogP contribution >= 0.6 is 0 Å². The first-order valence-corrected chi connectivity index (χ1v) is 5.83. The molecule has 1 aromatic carbocycles. The van der Waals surface area contributed by atoms with Crippen molar-refractivity contribution in [1.82, 2.24) is 0 Å². The van der Waals surface area contributed by atoms with E-state index in [0.717, 1.165) is 25.0 Å². The van der Waals surface area contributed by atoms with Crippen molar-refractivity contribution in [3.63, 3.8) is 0 Å². The molecule has 0 radical (unpaired) electrons. The summed E-state index contributed by atoms with van der Waals surface area (Å²) in [5.41, 5.74) is -0.299. The van der Waals surface area contributed by atoms with Crippen LogP contribution in [-0.4, -0.2) is 5.60 Å². The fraction of sp³-hybridized carbons (Fsp3) is 0.250. The van der Waals surface area contributed by atoms with Crippen molar-refractivity contribution in [3.05, 3.63) is 68.3 Å². The largest absolute Gasteiger partial charge is 0.486 e. The van der Waals surface area contributed by atoms with E-state index in [4.69, 9.17) is 4.74 Å². The van der Waals surface area contributed by atoms with Crippen LogP contribution in [0.25, 0.3) is 0 Å². The van der Waals surface area contributed by atoms with Gasteiger partial charge < -0.3 is 4.74 Å². The van der Waals surface area contributed by atoms with Gasteiger partial charge in [0.1, 0.15) is 11.4 Å². The number of hydrogen-bond acceptors (Lipinski definition) is 1. The Labute approximate surface area is 104 Å². The molecule has 90 valence electrons. The summed E-state index contributed by atoms with van der Waals surface area (Å²) in [6, 6.07) is 9.84. The minimum absolute atomic E-state index is 0.299. The van der Waals surface area contributed by atoms with E-state index in [1.165, 1.54) is 0 Å². The lowest BCUT2D eigenvalue weighted by atomic mass is 9.91. The predicted molar refractivity (Wildman–Crippen MR) is 74.2 cm³/mol. The highest BCUT2D eigenvalue weighted by atomic mass is 16.5. The molecule has 0 unspecified atom stereocenters. The zero-order valence-corrected chi connectivity index (χ0v) is 10.3. The maximum absolute atomic E-state index is 6.11. The van der Waals surface area contributed by atoms with Crippen LogP contribution in [0.1, 0.15) is 19.3 Å². The lowest BCUT2D eigenvalue weighted by Gasteiger charge is -2.32. The minimum atomic E-state index is -0.299. The van der Waals surface area contributed by atoms with Crippen molar-refractivity contribution in [3.8, 4) is 5.75 Å². The van der Waals surface area contributed by atoms with Gasteiger partial charge in [-0.25, -0.2) is 0 Å². The monoisotopic (exact) mass is 228 g/mol. The summed E-state index contributed by atoms with van der Waals surface area (Å²) in [4.78, 5) is 0. The van der Waals surface area contributed by atoms with E-state index >= 15 is 0 Å². The lowest BCUT2D eigenvalue weighted by Crippen LogP contribution is -2.34. The fourth-order valence-electron chi connectivity index (χ4n) is 1.90. The van der Waals surface area contributed by atoms with Gasteiger partial charge in [0.15, 0.2) is 0 Å². The van der Waals surface area contributed by atoms with E-state index in [9.17, 15) is 0 Å². The zero-order valence-electron chi connectivity index (χ0n) is 10.3. The Morgan fingerprint density at radius 2 is 1.35 bits per heavy atom. The molecule has 0 aliphatic rings. The zero-order chi connectivity index (χ0) is 12.6. The van der Waals surface area contributed by atoms with Gasteiger partial charge in [-0.2, -0.15) is 0 Å². The molecule has 0 bridgehead atoms. The van der Waals surface area contributed by atoms with Crippen LogP contribution in [0, 0.1) is 0 Å². The molecule has 0 aromatic heterocycles. The highest BCUT2D eigenvalue weighted by Crippen LogP contribution is 2.29. The topological polar surface area (TPSA) is 9.23 Å². The molecule has 0 amide bonds. The normalized spacial score (nSPS) is 10.6. The van der Waals surface area contributed by atoms with Gasteiger partial charge in [0.25, 0.3) is 0 Å². The third-order valence-corrected chi connectivity index (χ3v) is 2.63. The second-order valence-electron chi connectivity index (χ2n) is 4.08. The van der Waals surface area contributed by atoms with Crippen LogP contribution in [-0.2, 0) is 0 Å². The summed E-state index contributed by atoms with van der Waals surface area (Å²) in [5.74, 6) is 0.873. The average Bonchev–Trinajstić information content (AvgIpc) is 2.31. The van der Waals surface area contributed by atoms with Crippen molar-refractivity contribution in [2.24, 2.45) is 0 Å². The van der Waals surface area contributed by atoms with Gasteiger partial charge >= 0.3 is 0 Å². The Morgan fingerprint density at radius 1 is 0.882 bits per heavy atom. The smallest absolute Gasteiger partial charge is 0.120 e. The van der Waals surface area contributed by atoms with Gasteiger partial charge in [0.2, 0.25) is 0 Å². The van der Waals surface area contributed by atoms with Gasteiger partial charge in [-0.05, 0) is 12.1 Å². The molecule has 0 N–H and O–H groups in total. The molecule has 0 fully saturated rings. The predicted octanol–water partition coefficient (Wildman–Crippen LogP) is 4.53. The van der Waals surface area contributed by atoms with Crippen molar-refractivity contribution < 1.29 is 4.74 Å². The highest BCUT2D eigenvalue weighted by Gasteiger charge is 2.28. The van der Waals surface area contributed by atoms with Crippen LogP contribution in [0.4, 0.5) is 0 Å². The first kappa shape index (κ1) is 13.3. The molecule has 0 aliphatic carbocycles. The molecular formula is C16H20O. The summed E-state index contributed by atoms with van der Waals surface area (Å²) in [5, 5.41) is 0. The molecular weight excluding hydrogens is 208 g/mol. The van der Waals surface area contributed by atoms with E-state index in [-0.39, 0.29) is 5.60 Å². The van der Waals surface area contributed by atoms with Crippen molar-refractivity contribution >= 4 is 0 Å². The van der Waals surface area contributed by atoms with Gasteiger partial charge in [0.05, 0.1) is 0 Å². The average molecular weight is 228 g/mol. The number of hydrogen-bond donors (Lipinski definition) is 0. The van der Waals surface area contributed by atoms with E-state index in [2.05, 4.69) is 19.7 Å². The SMILES string of the molecule is C=CCC(CC=C)(CC=C)Oc1ccccc1. The molecule has 17 heavy (non-hydrogen) atoms. The van der Waals surface area contributed by atoms with Crippen LogP contribution in [0.5, 0.6) is 5.75 Å². The molecule has 1 nitrogen and oxygen atoms in total. The summed E-state index contributed by atoms with van der Waals surface area (Å²) in [7, 11) is 0. The molecule has 0 saturated carbocycles. The van der Waals surface area contributed by atoms with Crippen LogP contribution in [0.15, 0.2) is 68.3 Å². The number of ether oxygens (including phenoxy) is 1. The Hall–Kier alpha value is -1.76.